The molecular weight excluding hydrogens is 255 g/mol. The third kappa shape index (κ3) is 1.44. The Morgan fingerprint density at radius 2 is 2.23 bits per heavy atom. The van der Waals surface area contributed by atoms with Gasteiger partial charge in [0.1, 0.15) is 11.6 Å². The van der Waals surface area contributed by atoms with E-state index in [1.807, 2.05) is 5.38 Å². The number of halogens is 2. The highest BCUT2D eigenvalue weighted by molar-refractivity contribution is 9.10. The molecule has 0 amide bonds. The maximum absolute atomic E-state index is 13.0. The van der Waals surface area contributed by atoms with Crippen molar-refractivity contribution in [3.8, 4) is 5.75 Å². The van der Waals surface area contributed by atoms with Crippen LogP contribution in [0.3, 0.4) is 0 Å². The van der Waals surface area contributed by atoms with Crippen molar-refractivity contribution in [1.82, 2.24) is 0 Å². The van der Waals surface area contributed by atoms with E-state index in [1.165, 1.54) is 23.5 Å². The molecule has 0 radical (unpaired) electrons. The van der Waals surface area contributed by atoms with Gasteiger partial charge in [0.05, 0.1) is 11.8 Å². The molecule has 0 atom stereocenters. The molecule has 13 heavy (non-hydrogen) atoms. The van der Waals surface area contributed by atoms with Gasteiger partial charge in [-0.05, 0) is 28.1 Å². The fourth-order valence-electron chi connectivity index (χ4n) is 1.20. The zero-order valence-corrected chi connectivity index (χ0v) is 9.21. The highest BCUT2D eigenvalue weighted by atomic mass is 79.9. The average molecular weight is 261 g/mol. The van der Waals surface area contributed by atoms with E-state index < -0.39 is 0 Å². The van der Waals surface area contributed by atoms with Gasteiger partial charge >= 0.3 is 0 Å². The second kappa shape index (κ2) is 3.27. The fraction of sp³-hybridized carbons (Fsp3) is 0.111. The van der Waals surface area contributed by atoms with E-state index in [9.17, 15) is 4.39 Å². The summed E-state index contributed by atoms with van der Waals surface area (Å²) in [6.07, 6.45) is 0. The molecule has 2 aromatic rings. The Kier molecular flexibility index (Phi) is 2.26. The number of rotatable bonds is 1. The lowest BCUT2D eigenvalue weighted by Gasteiger charge is -1.98. The minimum atomic E-state index is -0.254. The first-order valence-corrected chi connectivity index (χ1v) is 5.30. The van der Waals surface area contributed by atoms with Gasteiger partial charge in [0.2, 0.25) is 0 Å². The lowest BCUT2D eigenvalue weighted by atomic mass is 10.2. The van der Waals surface area contributed by atoms with Crippen molar-refractivity contribution in [1.29, 1.82) is 0 Å². The molecule has 4 heteroatoms. The van der Waals surface area contributed by atoms with Gasteiger partial charge in [-0.3, -0.25) is 0 Å². The molecule has 0 saturated carbocycles. The zero-order valence-electron chi connectivity index (χ0n) is 6.80. The SMILES string of the molecule is COc1csc2c(Br)cc(F)cc12. The monoisotopic (exact) mass is 260 g/mol. The van der Waals surface area contributed by atoms with Crippen LogP contribution in [0.5, 0.6) is 5.75 Å². The van der Waals surface area contributed by atoms with Gasteiger partial charge < -0.3 is 4.74 Å². The number of hydrogen-bond acceptors (Lipinski definition) is 2. The quantitative estimate of drug-likeness (QED) is 0.758. The highest BCUT2D eigenvalue weighted by Gasteiger charge is 2.08. The minimum Gasteiger partial charge on any atom is -0.495 e. The Labute approximate surface area is 87.3 Å². The molecule has 68 valence electrons. The topological polar surface area (TPSA) is 9.23 Å². The molecule has 1 aromatic carbocycles. The van der Waals surface area contributed by atoms with Crippen LogP contribution in [0.25, 0.3) is 10.1 Å². The summed E-state index contributed by atoms with van der Waals surface area (Å²) in [7, 11) is 1.58. The molecule has 2 rings (SSSR count). The zero-order chi connectivity index (χ0) is 9.42. The summed E-state index contributed by atoms with van der Waals surface area (Å²) in [6.45, 7) is 0. The number of hydrogen-bond donors (Lipinski definition) is 0. The Hall–Kier alpha value is -0.610. The number of methoxy groups -OCH3 is 1. The molecule has 0 saturated heterocycles. The average Bonchev–Trinajstić information content (AvgIpc) is 2.47. The third-order valence-corrected chi connectivity index (χ3v) is 3.67. The van der Waals surface area contributed by atoms with Gasteiger partial charge in [0.15, 0.2) is 0 Å². The van der Waals surface area contributed by atoms with Crippen LogP contribution in [0.2, 0.25) is 0 Å². The molecule has 0 unspecified atom stereocenters. The van der Waals surface area contributed by atoms with Gasteiger partial charge in [-0.1, -0.05) is 0 Å². The normalized spacial score (nSPS) is 10.7. The van der Waals surface area contributed by atoms with E-state index in [2.05, 4.69) is 15.9 Å². The minimum absolute atomic E-state index is 0.254. The molecule has 0 bridgehead atoms. The molecule has 0 aliphatic rings. The predicted molar refractivity (Wildman–Crippen MR) is 56.0 cm³/mol. The first-order valence-electron chi connectivity index (χ1n) is 3.62. The van der Waals surface area contributed by atoms with Crippen LogP contribution in [0.4, 0.5) is 4.39 Å². The Bertz CT molecular complexity index is 452. The lowest BCUT2D eigenvalue weighted by molar-refractivity contribution is 0.421. The number of thiophene rings is 1. The number of ether oxygens (including phenoxy) is 1. The molecule has 1 heterocycles. The molecule has 0 spiro atoms. The first kappa shape index (κ1) is 8.97. The summed E-state index contributed by atoms with van der Waals surface area (Å²) in [5.41, 5.74) is 0. The lowest BCUT2D eigenvalue weighted by Crippen LogP contribution is -1.80. The molecule has 1 nitrogen and oxygen atoms in total. The molecule has 0 N–H and O–H groups in total. The summed E-state index contributed by atoms with van der Waals surface area (Å²) >= 11 is 4.84. The summed E-state index contributed by atoms with van der Waals surface area (Å²) < 4.78 is 19.9. The van der Waals surface area contributed by atoms with Gasteiger partial charge in [-0.25, -0.2) is 4.39 Å². The molecule has 1 aromatic heterocycles. The standard InChI is InChI=1S/C9H6BrFOS/c1-12-8-4-13-9-6(8)2-5(11)3-7(9)10/h2-4H,1H3. The summed E-state index contributed by atoms with van der Waals surface area (Å²) in [5.74, 6) is 0.469. The van der Waals surface area contributed by atoms with Gasteiger partial charge in [0.25, 0.3) is 0 Å². The van der Waals surface area contributed by atoms with E-state index in [-0.39, 0.29) is 5.82 Å². The highest BCUT2D eigenvalue weighted by Crippen LogP contribution is 2.37. The maximum Gasteiger partial charge on any atom is 0.137 e. The third-order valence-electron chi connectivity index (χ3n) is 1.78. The van der Waals surface area contributed by atoms with Crippen molar-refractivity contribution >= 4 is 37.4 Å². The summed E-state index contributed by atoms with van der Waals surface area (Å²) in [5, 5.41) is 2.69. The summed E-state index contributed by atoms with van der Waals surface area (Å²) in [4.78, 5) is 0. The van der Waals surface area contributed by atoms with Crippen molar-refractivity contribution in [3.63, 3.8) is 0 Å². The molecule has 0 aliphatic heterocycles. The van der Waals surface area contributed by atoms with Crippen LogP contribution in [0.15, 0.2) is 22.0 Å². The second-order valence-electron chi connectivity index (χ2n) is 2.57. The Balaban J connectivity index is 2.82. The van der Waals surface area contributed by atoms with Crippen LogP contribution in [0.1, 0.15) is 0 Å². The van der Waals surface area contributed by atoms with Gasteiger partial charge in [0, 0.05) is 15.2 Å². The van der Waals surface area contributed by atoms with Gasteiger partial charge in [-0.15, -0.1) is 11.3 Å². The van der Waals surface area contributed by atoms with Crippen LogP contribution in [-0.4, -0.2) is 7.11 Å². The largest absolute Gasteiger partial charge is 0.495 e. The van der Waals surface area contributed by atoms with E-state index in [0.717, 1.165) is 20.3 Å². The summed E-state index contributed by atoms with van der Waals surface area (Å²) in [6, 6.07) is 2.94. The van der Waals surface area contributed by atoms with E-state index in [4.69, 9.17) is 4.74 Å². The van der Waals surface area contributed by atoms with Crippen LogP contribution >= 0.6 is 27.3 Å². The van der Waals surface area contributed by atoms with Crippen molar-refractivity contribution < 1.29 is 9.13 Å². The van der Waals surface area contributed by atoms with Crippen molar-refractivity contribution in [2.75, 3.05) is 7.11 Å². The van der Waals surface area contributed by atoms with Gasteiger partial charge in [-0.2, -0.15) is 0 Å². The predicted octanol–water partition coefficient (Wildman–Crippen LogP) is 3.81. The Morgan fingerprint density at radius 3 is 2.92 bits per heavy atom. The van der Waals surface area contributed by atoms with Crippen molar-refractivity contribution in [3.05, 3.63) is 27.8 Å². The van der Waals surface area contributed by atoms with Crippen LogP contribution < -0.4 is 4.74 Å². The smallest absolute Gasteiger partial charge is 0.137 e. The molecular formula is C9H6BrFOS. The van der Waals surface area contributed by atoms with Crippen molar-refractivity contribution in [2.45, 2.75) is 0 Å². The second-order valence-corrected chi connectivity index (χ2v) is 4.30. The molecule has 0 aliphatic carbocycles. The van der Waals surface area contributed by atoms with Crippen LogP contribution in [0, 0.1) is 5.82 Å². The number of fused-ring (bicyclic) bond motifs is 1. The maximum atomic E-state index is 13.0. The van der Waals surface area contributed by atoms with Crippen LogP contribution in [-0.2, 0) is 0 Å². The first-order chi connectivity index (χ1) is 6.22. The van der Waals surface area contributed by atoms with Crippen molar-refractivity contribution in [2.24, 2.45) is 0 Å². The van der Waals surface area contributed by atoms with E-state index in [1.54, 1.807) is 7.11 Å². The fourth-order valence-corrected chi connectivity index (χ4v) is 2.82. The molecule has 0 fully saturated rings. The Morgan fingerprint density at radius 1 is 1.46 bits per heavy atom. The van der Waals surface area contributed by atoms with E-state index in [0.29, 0.717) is 0 Å². The van der Waals surface area contributed by atoms with E-state index >= 15 is 0 Å². The number of benzene rings is 1.